The standard InChI is InChI=1S/C6H6Cl2SSe/c7-1-5-3-10-4-6(2-8)9-5/h1-2H,3-4H2/b5-1+,6-2+. The van der Waals surface area contributed by atoms with Crippen molar-refractivity contribution in [2.45, 2.75) is 10.6 Å². The van der Waals surface area contributed by atoms with Gasteiger partial charge in [-0.05, 0) is 0 Å². The van der Waals surface area contributed by atoms with Crippen LogP contribution in [0.4, 0.5) is 0 Å². The summed E-state index contributed by atoms with van der Waals surface area (Å²) in [5.74, 6) is 0. The third-order valence-electron chi connectivity index (χ3n) is 0.994. The molecule has 0 aromatic rings. The summed E-state index contributed by atoms with van der Waals surface area (Å²) in [5.41, 5.74) is 3.32. The van der Waals surface area contributed by atoms with Crippen LogP contribution in [0.2, 0.25) is 10.6 Å². The van der Waals surface area contributed by atoms with Gasteiger partial charge < -0.3 is 0 Å². The van der Waals surface area contributed by atoms with E-state index in [9.17, 15) is 0 Å². The van der Waals surface area contributed by atoms with Crippen molar-refractivity contribution in [2.75, 3.05) is 0 Å². The SMILES string of the molecule is Cl/C=C1\C[Se]C/C(=C\Cl)S1. The summed E-state index contributed by atoms with van der Waals surface area (Å²) in [6, 6.07) is 0. The Bertz CT molecular complexity index is 159. The van der Waals surface area contributed by atoms with Gasteiger partial charge in [0, 0.05) is 0 Å². The molecular weight excluding hydrogens is 254 g/mol. The van der Waals surface area contributed by atoms with Crippen LogP contribution in [0.1, 0.15) is 0 Å². The Morgan fingerprint density at radius 3 is 2.10 bits per heavy atom. The fourth-order valence-electron chi connectivity index (χ4n) is 0.587. The molecular formula is C6H6Cl2SSe. The minimum atomic E-state index is 0.673. The maximum absolute atomic E-state index is 5.56. The van der Waals surface area contributed by atoms with Gasteiger partial charge in [0.15, 0.2) is 0 Å². The molecule has 1 saturated heterocycles. The topological polar surface area (TPSA) is 0 Å². The van der Waals surface area contributed by atoms with Crippen LogP contribution in [-0.2, 0) is 0 Å². The molecule has 10 heavy (non-hydrogen) atoms. The molecule has 1 fully saturated rings. The van der Waals surface area contributed by atoms with Crippen molar-refractivity contribution in [2.24, 2.45) is 0 Å². The van der Waals surface area contributed by atoms with Crippen molar-refractivity contribution in [3.8, 4) is 0 Å². The van der Waals surface area contributed by atoms with Crippen LogP contribution in [0.3, 0.4) is 0 Å². The molecule has 1 aliphatic rings. The maximum atomic E-state index is 5.56. The van der Waals surface area contributed by atoms with E-state index in [1.165, 1.54) is 9.81 Å². The summed E-state index contributed by atoms with van der Waals surface area (Å²) in [7, 11) is 0. The average Bonchev–Trinajstić information content (AvgIpc) is 2.05. The molecule has 1 heterocycles. The predicted molar refractivity (Wildman–Crippen MR) is 50.8 cm³/mol. The van der Waals surface area contributed by atoms with Gasteiger partial charge in [0.05, 0.1) is 0 Å². The molecule has 1 rings (SSSR count). The Balaban J connectivity index is 2.56. The van der Waals surface area contributed by atoms with Gasteiger partial charge in [-0.1, -0.05) is 0 Å². The van der Waals surface area contributed by atoms with Crippen molar-refractivity contribution < 1.29 is 0 Å². The van der Waals surface area contributed by atoms with Gasteiger partial charge in [0.2, 0.25) is 0 Å². The van der Waals surface area contributed by atoms with Crippen LogP contribution in [-0.4, -0.2) is 15.0 Å². The van der Waals surface area contributed by atoms with Crippen molar-refractivity contribution >= 4 is 49.9 Å². The normalized spacial score (nSPS) is 27.8. The summed E-state index contributed by atoms with van der Waals surface area (Å²) in [6.45, 7) is 0. The van der Waals surface area contributed by atoms with Crippen LogP contribution in [0.5, 0.6) is 0 Å². The van der Waals surface area contributed by atoms with Crippen molar-refractivity contribution in [1.29, 1.82) is 0 Å². The Morgan fingerprint density at radius 1 is 1.20 bits per heavy atom. The van der Waals surface area contributed by atoms with Crippen LogP contribution in [0.25, 0.3) is 0 Å². The molecule has 0 nitrogen and oxygen atoms in total. The van der Waals surface area contributed by atoms with E-state index in [2.05, 4.69) is 0 Å². The molecule has 4 heteroatoms. The first kappa shape index (κ1) is 9.02. The average molecular weight is 260 g/mol. The van der Waals surface area contributed by atoms with E-state index in [1.54, 1.807) is 22.8 Å². The molecule has 0 N–H and O–H groups in total. The molecule has 0 bridgehead atoms. The van der Waals surface area contributed by atoms with Crippen molar-refractivity contribution in [3.63, 3.8) is 0 Å². The van der Waals surface area contributed by atoms with Gasteiger partial charge in [-0.2, -0.15) is 0 Å². The molecule has 0 atom stereocenters. The quantitative estimate of drug-likeness (QED) is 0.601. The number of allylic oxidation sites excluding steroid dienone is 2. The van der Waals surface area contributed by atoms with E-state index in [0.29, 0.717) is 15.0 Å². The summed E-state index contributed by atoms with van der Waals surface area (Å²) < 4.78 is 0. The molecule has 0 aromatic carbocycles. The molecule has 0 saturated carbocycles. The monoisotopic (exact) mass is 260 g/mol. The summed E-state index contributed by atoms with van der Waals surface area (Å²) in [5, 5.41) is 2.32. The molecule has 0 radical (unpaired) electrons. The zero-order valence-electron chi connectivity index (χ0n) is 5.14. The van der Waals surface area contributed by atoms with Crippen LogP contribution >= 0.6 is 35.0 Å². The molecule has 1 aliphatic heterocycles. The Hall–Kier alpha value is 0.929. The van der Waals surface area contributed by atoms with Gasteiger partial charge in [-0.3, -0.25) is 0 Å². The number of thioether (sulfide) groups is 1. The van der Waals surface area contributed by atoms with Crippen LogP contribution in [0, 0.1) is 0 Å². The fourth-order valence-corrected chi connectivity index (χ4v) is 4.98. The van der Waals surface area contributed by atoms with Gasteiger partial charge in [-0.25, -0.2) is 0 Å². The van der Waals surface area contributed by atoms with E-state index in [-0.39, 0.29) is 0 Å². The molecule has 0 unspecified atom stereocenters. The Labute approximate surface area is 81.2 Å². The Morgan fingerprint density at radius 2 is 1.70 bits per heavy atom. The zero-order chi connectivity index (χ0) is 7.40. The second-order valence-electron chi connectivity index (χ2n) is 1.75. The number of hydrogen-bond donors (Lipinski definition) is 0. The molecule has 56 valence electrons. The summed E-state index contributed by atoms with van der Waals surface area (Å²) in [4.78, 5) is 2.50. The van der Waals surface area contributed by atoms with E-state index >= 15 is 0 Å². The van der Waals surface area contributed by atoms with Crippen LogP contribution < -0.4 is 0 Å². The first-order chi connectivity index (χ1) is 4.86. The third-order valence-corrected chi connectivity index (χ3v) is 5.82. The van der Waals surface area contributed by atoms with E-state index in [4.69, 9.17) is 23.2 Å². The minimum absolute atomic E-state index is 0.673. The molecule has 0 aromatic heterocycles. The van der Waals surface area contributed by atoms with Gasteiger partial charge in [0.25, 0.3) is 0 Å². The molecule has 0 aliphatic carbocycles. The third kappa shape index (κ3) is 2.52. The number of rotatable bonds is 0. The van der Waals surface area contributed by atoms with Gasteiger partial charge >= 0.3 is 81.4 Å². The fraction of sp³-hybridized carbons (Fsp3) is 0.333. The zero-order valence-corrected chi connectivity index (χ0v) is 9.18. The van der Waals surface area contributed by atoms with Crippen LogP contribution in [0.15, 0.2) is 20.9 Å². The van der Waals surface area contributed by atoms with Gasteiger partial charge in [-0.15, -0.1) is 0 Å². The molecule has 0 spiro atoms. The van der Waals surface area contributed by atoms with Gasteiger partial charge in [0.1, 0.15) is 0 Å². The van der Waals surface area contributed by atoms with Crippen molar-refractivity contribution in [3.05, 3.63) is 20.9 Å². The summed E-state index contributed by atoms with van der Waals surface area (Å²) in [6.07, 6.45) is 0. The van der Waals surface area contributed by atoms with E-state index in [1.807, 2.05) is 0 Å². The number of halogens is 2. The van der Waals surface area contributed by atoms with E-state index < -0.39 is 0 Å². The second kappa shape index (κ2) is 4.74. The first-order valence-electron chi connectivity index (χ1n) is 2.71. The summed E-state index contributed by atoms with van der Waals surface area (Å²) >= 11 is 13.5. The van der Waals surface area contributed by atoms with Crippen molar-refractivity contribution in [1.82, 2.24) is 0 Å². The first-order valence-corrected chi connectivity index (χ1v) is 6.82. The number of hydrogen-bond acceptors (Lipinski definition) is 1. The Kier molecular flexibility index (Phi) is 4.27. The van der Waals surface area contributed by atoms with E-state index in [0.717, 1.165) is 10.6 Å². The predicted octanol–water partition coefficient (Wildman–Crippen LogP) is 3.43. The molecule has 0 amide bonds. The second-order valence-corrected chi connectivity index (χ2v) is 5.50.